The van der Waals surface area contributed by atoms with Gasteiger partial charge in [-0.2, -0.15) is 8.42 Å². The molecule has 0 saturated carbocycles. The summed E-state index contributed by atoms with van der Waals surface area (Å²) in [7, 11) is -3.67. The molecule has 3 atom stereocenters. The van der Waals surface area contributed by atoms with Gasteiger partial charge in [0.25, 0.3) is 10.1 Å². The molecule has 6 heteroatoms. The third-order valence-electron chi connectivity index (χ3n) is 4.92. The van der Waals surface area contributed by atoms with Crippen molar-refractivity contribution in [1.82, 2.24) is 0 Å². The minimum absolute atomic E-state index is 0.0273. The van der Waals surface area contributed by atoms with Crippen molar-refractivity contribution in [2.75, 3.05) is 19.8 Å². The lowest BCUT2D eigenvalue weighted by Crippen LogP contribution is -2.24. The summed E-state index contributed by atoms with van der Waals surface area (Å²) in [6.45, 7) is 7.89. The zero-order valence-corrected chi connectivity index (χ0v) is 17.7. The van der Waals surface area contributed by atoms with Gasteiger partial charge in [-0.05, 0) is 63.0 Å². The van der Waals surface area contributed by atoms with Crippen LogP contribution < -0.4 is 0 Å². The van der Waals surface area contributed by atoms with Gasteiger partial charge in [0.1, 0.15) is 0 Å². The predicted octanol–water partition coefficient (Wildman–Crippen LogP) is 4.69. The van der Waals surface area contributed by atoms with E-state index < -0.39 is 10.1 Å². The monoisotopic (exact) mass is 398 g/mol. The lowest BCUT2D eigenvalue weighted by atomic mass is 10.00. The highest BCUT2D eigenvalue weighted by Crippen LogP contribution is 2.19. The van der Waals surface area contributed by atoms with Crippen LogP contribution in [0.4, 0.5) is 0 Å². The number of hydrogen-bond acceptors (Lipinski definition) is 5. The predicted molar refractivity (Wildman–Crippen MR) is 106 cm³/mol. The molecule has 1 aliphatic heterocycles. The van der Waals surface area contributed by atoms with E-state index in [1.54, 1.807) is 24.3 Å². The van der Waals surface area contributed by atoms with E-state index in [4.69, 9.17) is 13.7 Å². The van der Waals surface area contributed by atoms with Crippen molar-refractivity contribution in [3.05, 3.63) is 29.8 Å². The van der Waals surface area contributed by atoms with Crippen LogP contribution in [0.1, 0.15) is 57.9 Å². The molecule has 1 aromatic rings. The summed E-state index contributed by atoms with van der Waals surface area (Å²) in [4.78, 5) is 0.219. The molecule has 154 valence electrons. The molecule has 0 aromatic heterocycles. The fraction of sp³-hybridized carbons (Fsp3) is 0.714. The Labute approximate surface area is 164 Å². The first-order valence-corrected chi connectivity index (χ1v) is 11.5. The standard InChI is InChI=1S/C21H34O5S/c1-17-10-12-20(13-11-17)27(22,23)26-16-19(3)8-6-7-18(2)15-25-21-9-4-5-14-24-21/h10-13,18-19,21H,4-9,14-16H2,1-3H3/t18-,19+,21?/m0/s1. The van der Waals surface area contributed by atoms with Crippen molar-refractivity contribution in [2.24, 2.45) is 11.8 Å². The summed E-state index contributed by atoms with van der Waals surface area (Å²) in [6.07, 6.45) is 6.31. The van der Waals surface area contributed by atoms with Crippen LogP contribution in [0.3, 0.4) is 0 Å². The molecule has 1 heterocycles. The quantitative estimate of drug-likeness (QED) is 0.506. The lowest BCUT2D eigenvalue weighted by molar-refractivity contribution is -0.168. The molecule has 27 heavy (non-hydrogen) atoms. The average molecular weight is 399 g/mol. The smallest absolute Gasteiger partial charge is 0.296 e. The Balaban J connectivity index is 1.61. The second-order valence-corrected chi connectivity index (χ2v) is 9.44. The van der Waals surface area contributed by atoms with E-state index in [2.05, 4.69) is 6.92 Å². The van der Waals surface area contributed by atoms with Crippen molar-refractivity contribution in [3.63, 3.8) is 0 Å². The highest BCUT2D eigenvalue weighted by Gasteiger charge is 2.18. The molecule has 1 unspecified atom stereocenters. The van der Waals surface area contributed by atoms with Gasteiger partial charge in [-0.3, -0.25) is 4.18 Å². The van der Waals surface area contributed by atoms with E-state index in [1.165, 1.54) is 6.42 Å². The fourth-order valence-corrected chi connectivity index (χ4v) is 4.09. The topological polar surface area (TPSA) is 61.8 Å². The summed E-state index contributed by atoms with van der Waals surface area (Å²) >= 11 is 0. The summed E-state index contributed by atoms with van der Waals surface area (Å²) < 4.78 is 41.1. The number of rotatable bonds is 11. The Morgan fingerprint density at radius 3 is 2.37 bits per heavy atom. The second kappa shape index (κ2) is 11.1. The summed E-state index contributed by atoms with van der Waals surface area (Å²) in [5.74, 6) is 0.667. The molecule has 1 saturated heterocycles. The van der Waals surface area contributed by atoms with E-state index in [1.807, 2.05) is 13.8 Å². The minimum Gasteiger partial charge on any atom is -0.353 e. The van der Waals surface area contributed by atoms with E-state index >= 15 is 0 Å². The van der Waals surface area contributed by atoms with E-state index in [0.717, 1.165) is 50.9 Å². The van der Waals surface area contributed by atoms with Crippen molar-refractivity contribution in [3.8, 4) is 0 Å². The number of aryl methyl sites for hydroxylation is 1. The van der Waals surface area contributed by atoms with Gasteiger partial charge in [0.05, 0.1) is 18.1 Å². The molecule has 5 nitrogen and oxygen atoms in total. The molecule has 0 spiro atoms. The Morgan fingerprint density at radius 1 is 1.07 bits per heavy atom. The molecule has 0 bridgehead atoms. The van der Waals surface area contributed by atoms with E-state index in [-0.39, 0.29) is 23.7 Å². The molecule has 0 N–H and O–H groups in total. The maximum absolute atomic E-state index is 12.2. The van der Waals surface area contributed by atoms with Crippen LogP contribution in [-0.2, 0) is 23.8 Å². The molecule has 1 aromatic carbocycles. The molecular weight excluding hydrogens is 364 g/mol. The zero-order valence-electron chi connectivity index (χ0n) is 16.9. The average Bonchev–Trinajstić information content (AvgIpc) is 2.66. The second-order valence-electron chi connectivity index (χ2n) is 7.82. The van der Waals surface area contributed by atoms with Crippen molar-refractivity contribution in [1.29, 1.82) is 0 Å². The number of ether oxygens (including phenoxy) is 2. The zero-order chi connectivity index (χ0) is 19.7. The molecular formula is C21H34O5S. The van der Waals surface area contributed by atoms with Gasteiger partial charge >= 0.3 is 0 Å². The Morgan fingerprint density at radius 2 is 1.74 bits per heavy atom. The maximum Gasteiger partial charge on any atom is 0.296 e. The summed E-state index contributed by atoms with van der Waals surface area (Å²) in [5.41, 5.74) is 1.02. The van der Waals surface area contributed by atoms with Gasteiger partial charge < -0.3 is 9.47 Å². The first kappa shape index (κ1) is 22.3. The SMILES string of the molecule is Cc1ccc(S(=O)(=O)OC[C@H](C)CCC[C@H](C)COC2CCCCO2)cc1. The van der Waals surface area contributed by atoms with Crippen LogP contribution in [0.5, 0.6) is 0 Å². The van der Waals surface area contributed by atoms with Crippen molar-refractivity contribution >= 4 is 10.1 Å². The van der Waals surface area contributed by atoms with Gasteiger partial charge in [-0.1, -0.05) is 38.0 Å². The normalized spacial score (nSPS) is 20.3. The van der Waals surface area contributed by atoms with E-state index in [0.29, 0.717) is 5.92 Å². The first-order chi connectivity index (χ1) is 12.9. The van der Waals surface area contributed by atoms with Crippen LogP contribution in [0.15, 0.2) is 29.2 Å². The third-order valence-corrected chi connectivity index (χ3v) is 6.21. The third kappa shape index (κ3) is 8.30. The number of benzene rings is 1. The van der Waals surface area contributed by atoms with Gasteiger partial charge in [-0.25, -0.2) is 0 Å². The molecule has 1 fully saturated rings. The fourth-order valence-electron chi connectivity index (χ4n) is 3.07. The van der Waals surface area contributed by atoms with Crippen LogP contribution in [0, 0.1) is 18.8 Å². The number of hydrogen-bond donors (Lipinski definition) is 0. The van der Waals surface area contributed by atoms with Crippen molar-refractivity contribution < 1.29 is 22.1 Å². The molecule has 0 amide bonds. The molecule has 0 aliphatic carbocycles. The Bertz CT molecular complexity index is 635. The van der Waals surface area contributed by atoms with Crippen LogP contribution in [0.2, 0.25) is 0 Å². The minimum atomic E-state index is -3.67. The van der Waals surface area contributed by atoms with Crippen LogP contribution in [0.25, 0.3) is 0 Å². The highest BCUT2D eigenvalue weighted by molar-refractivity contribution is 7.86. The van der Waals surface area contributed by atoms with E-state index in [9.17, 15) is 8.42 Å². The van der Waals surface area contributed by atoms with Crippen LogP contribution in [-0.4, -0.2) is 34.5 Å². The molecule has 2 rings (SSSR count). The first-order valence-electron chi connectivity index (χ1n) is 10.1. The highest BCUT2D eigenvalue weighted by atomic mass is 32.2. The Kier molecular flexibility index (Phi) is 9.22. The van der Waals surface area contributed by atoms with Crippen LogP contribution >= 0.6 is 0 Å². The van der Waals surface area contributed by atoms with Gasteiger partial charge in [0, 0.05) is 6.61 Å². The molecule has 1 aliphatic rings. The Hall–Kier alpha value is -0.950. The van der Waals surface area contributed by atoms with Gasteiger partial charge in [-0.15, -0.1) is 0 Å². The summed E-state index contributed by atoms with van der Waals surface area (Å²) in [6, 6.07) is 6.74. The van der Waals surface area contributed by atoms with Gasteiger partial charge in [0.2, 0.25) is 0 Å². The largest absolute Gasteiger partial charge is 0.353 e. The maximum atomic E-state index is 12.2. The lowest BCUT2D eigenvalue weighted by Gasteiger charge is -2.24. The van der Waals surface area contributed by atoms with Crippen molar-refractivity contribution in [2.45, 2.75) is 70.5 Å². The summed E-state index contributed by atoms with van der Waals surface area (Å²) in [5, 5.41) is 0. The molecule has 0 radical (unpaired) electrons. The van der Waals surface area contributed by atoms with Gasteiger partial charge in [0.15, 0.2) is 6.29 Å².